The van der Waals surface area contributed by atoms with Crippen LogP contribution in [0.25, 0.3) is 21.4 Å². The predicted molar refractivity (Wildman–Crippen MR) is 126 cm³/mol. The number of hydrogen-bond donors (Lipinski definition) is 0. The molecule has 0 radical (unpaired) electrons. The van der Waals surface area contributed by atoms with Crippen LogP contribution in [0.15, 0.2) is 44.9 Å². The first-order valence-corrected chi connectivity index (χ1v) is 12.2. The molecule has 1 amide bonds. The standard InChI is InChI=1S/C25H28N2O3S/c1-2-4-17-7-9-18(10-8-17)20-16-31-24-21(28)15-22(30-23(20)24)26-11-13-27(14-12-26)25(29)19-5-3-6-19/h7-10,15-16,19H,2-6,11-14H2,1H3. The molecule has 5 rings (SSSR count). The van der Waals surface area contributed by atoms with E-state index < -0.39 is 0 Å². The van der Waals surface area contributed by atoms with Gasteiger partial charge in [0.25, 0.3) is 0 Å². The molecule has 0 atom stereocenters. The summed E-state index contributed by atoms with van der Waals surface area (Å²) in [4.78, 5) is 29.4. The van der Waals surface area contributed by atoms with Gasteiger partial charge in [-0.15, -0.1) is 11.3 Å². The predicted octanol–water partition coefficient (Wildman–Crippen LogP) is 4.92. The van der Waals surface area contributed by atoms with Gasteiger partial charge in [-0.1, -0.05) is 44.0 Å². The lowest BCUT2D eigenvalue weighted by molar-refractivity contribution is -0.138. The molecule has 0 unspecified atom stereocenters. The lowest BCUT2D eigenvalue weighted by Crippen LogP contribution is -2.51. The van der Waals surface area contributed by atoms with E-state index in [1.54, 1.807) is 6.07 Å². The van der Waals surface area contributed by atoms with Crippen LogP contribution < -0.4 is 10.3 Å². The van der Waals surface area contributed by atoms with Crippen molar-refractivity contribution in [1.82, 2.24) is 4.90 Å². The monoisotopic (exact) mass is 436 g/mol. The van der Waals surface area contributed by atoms with E-state index in [1.807, 2.05) is 10.3 Å². The highest BCUT2D eigenvalue weighted by molar-refractivity contribution is 7.17. The second kappa shape index (κ2) is 8.50. The molecule has 2 fully saturated rings. The summed E-state index contributed by atoms with van der Waals surface area (Å²) in [5, 5.41) is 2.02. The fourth-order valence-corrected chi connectivity index (χ4v) is 5.40. The molecule has 1 aromatic carbocycles. The number of rotatable bonds is 5. The zero-order valence-electron chi connectivity index (χ0n) is 17.9. The van der Waals surface area contributed by atoms with Crippen LogP contribution in [0.2, 0.25) is 0 Å². The molecule has 162 valence electrons. The number of aryl methyl sites for hydroxylation is 1. The summed E-state index contributed by atoms with van der Waals surface area (Å²) in [6.07, 6.45) is 5.43. The van der Waals surface area contributed by atoms with Crippen LogP contribution >= 0.6 is 11.3 Å². The fraction of sp³-hybridized carbons (Fsp3) is 0.440. The lowest BCUT2D eigenvalue weighted by Gasteiger charge is -2.38. The Balaban J connectivity index is 1.38. The highest BCUT2D eigenvalue weighted by atomic mass is 32.1. The van der Waals surface area contributed by atoms with Gasteiger partial charge in [0.05, 0.1) is 0 Å². The molecule has 3 heterocycles. The van der Waals surface area contributed by atoms with Crippen molar-refractivity contribution >= 4 is 33.4 Å². The smallest absolute Gasteiger partial charge is 0.225 e. The van der Waals surface area contributed by atoms with Crippen molar-refractivity contribution in [3.05, 3.63) is 51.5 Å². The summed E-state index contributed by atoms with van der Waals surface area (Å²) >= 11 is 1.44. The summed E-state index contributed by atoms with van der Waals surface area (Å²) in [5.74, 6) is 1.14. The zero-order chi connectivity index (χ0) is 21.4. The molecule has 1 saturated carbocycles. The molecule has 0 N–H and O–H groups in total. The van der Waals surface area contributed by atoms with Gasteiger partial charge in [0.2, 0.25) is 11.3 Å². The average molecular weight is 437 g/mol. The van der Waals surface area contributed by atoms with Crippen molar-refractivity contribution < 1.29 is 9.21 Å². The number of fused-ring (bicyclic) bond motifs is 1. The van der Waals surface area contributed by atoms with Crippen molar-refractivity contribution in [2.75, 3.05) is 31.1 Å². The van der Waals surface area contributed by atoms with Crippen molar-refractivity contribution in [3.63, 3.8) is 0 Å². The molecule has 5 nitrogen and oxygen atoms in total. The minimum atomic E-state index is 0.00285. The molecule has 3 aromatic rings. The minimum absolute atomic E-state index is 0.00285. The highest BCUT2D eigenvalue weighted by Gasteiger charge is 2.31. The number of nitrogens with zero attached hydrogens (tertiary/aromatic N) is 2. The zero-order valence-corrected chi connectivity index (χ0v) is 18.7. The third-order valence-corrected chi connectivity index (χ3v) is 7.57. The van der Waals surface area contributed by atoms with Gasteiger partial charge < -0.3 is 14.2 Å². The van der Waals surface area contributed by atoms with Gasteiger partial charge in [0, 0.05) is 49.1 Å². The van der Waals surface area contributed by atoms with Crippen LogP contribution in [0, 0.1) is 5.92 Å². The van der Waals surface area contributed by atoms with E-state index in [0.717, 1.165) is 36.8 Å². The quantitative estimate of drug-likeness (QED) is 0.570. The summed E-state index contributed by atoms with van der Waals surface area (Å²) < 4.78 is 6.96. The molecular formula is C25H28N2O3S. The van der Waals surface area contributed by atoms with E-state index in [2.05, 4.69) is 36.1 Å². The van der Waals surface area contributed by atoms with Gasteiger partial charge in [0.1, 0.15) is 4.70 Å². The summed E-state index contributed by atoms with van der Waals surface area (Å²) in [5.41, 5.74) is 4.04. The second-order valence-corrected chi connectivity index (χ2v) is 9.52. The van der Waals surface area contributed by atoms with Crippen LogP contribution in [-0.2, 0) is 11.2 Å². The highest BCUT2D eigenvalue weighted by Crippen LogP contribution is 2.35. The lowest BCUT2D eigenvalue weighted by atomic mass is 9.84. The third-order valence-electron chi connectivity index (χ3n) is 6.59. The van der Waals surface area contributed by atoms with Gasteiger partial charge in [0.15, 0.2) is 11.5 Å². The Kier molecular flexibility index (Phi) is 5.57. The van der Waals surface area contributed by atoms with Crippen LogP contribution in [0.5, 0.6) is 0 Å². The second-order valence-electron chi connectivity index (χ2n) is 8.64. The fourth-order valence-electron chi connectivity index (χ4n) is 4.49. The number of thiophene rings is 1. The molecule has 6 heteroatoms. The third kappa shape index (κ3) is 3.89. The Morgan fingerprint density at radius 1 is 1.13 bits per heavy atom. The van der Waals surface area contributed by atoms with Crippen molar-refractivity contribution in [2.45, 2.75) is 39.0 Å². The maximum Gasteiger partial charge on any atom is 0.225 e. The van der Waals surface area contributed by atoms with E-state index in [-0.39, 0.29) is 11.3 Å². The van der Waals surface area contributed by atoms with Crippen LogP contribution in [0.3, 0.4) is 0 Å². The number of amides is 1. The van der Waals surface area contributed by atoms with Crippen molar-refractivity contribution in [2.24, 2.45) is 5.92 Å². The number of anilines is 1. The first kappa shape index (κ1) is 20.3. The molecule has 1 aliphatic carbocycles. The molecule has 1 aliphatic heterocycles. The summed E-state index contributed by atoms with van der Waals surface area (Å²) in [7, 11) is 0. The Morgan fingerprint density at radius 2 is 1.87 bits per heavy atom. The van der Waals surface area contributed by atoms with Crippen molar-refractivity contribution in [3.8, 4) is 11.1 Å². The van der Waals surface area contributed by atoms with Gasteiger partial charge in [-0.05, 0) is 30.4 Å². The van der Waals surface area contributed by atoms with E-state index in [1.165, 1.54) is 23.3 Å². The number of hydrogen-bond acceptors (Lipinski definition) is 5. The molecule has 2 aromatic heterocycles. The number of carbonyl (C=O) groups is 1. The van der Waals surface area contributed by atoms with Gasteiger partial charge in [-0.3, -0.25) is 9.59 Å². The van der Waals surface area contributed by atoms with E-state index >= 15 is 0 Å². The van der Waals surface area contributed by atoms with Crippen LogP contribution in [0.1, 0.15) is 38.2 Å². The topological polar surface area (TPSA) is 53.8 Å². The maximum atomic E-state index is 12.8. The van der Waals surface area contributed by atoms with Crippen molar-refractivity contribution in [1.29, 1.82) is 0 Å². The van der Waals surface area contributed by atoms with E-state index in [9.17, 15) is 9.59 Å². The Morgan fingerprint density at radius 3 is 2.52 bits per heavy atom. The number of piperazine rings is 1. The molecule has 0 spiro atoms. The molecule has 0 bridgehead atoms. The first-order valence-electron chi connectivity index (χ1n) is 11.3. The first-order chi connectivity index (χ1) is 15.1. The van der Waals surface area contributed by atoms with Crippen LogP contribution in [0.4, 0.5) is 5.88 Å². The van der Waals surface area contributed by atoms with E-state index in [0.29, 0.717) is 48.3 Å². The van der Waals surface area contributed by atoms with E-state index in [4.69, 9.17) is 4.42 Å². The average Bonchev–Trinajstić information content (AvgIpc) is 3.18. The Hall–Kier alpha value is -2.60. The Bertz CT molecular complexity index is 1140. The molecule has 31 heavy (non-hydrogen) atoms. The van der Waals surface area contributed by atoms with Crippen LogP contribution in [-0.4, -0.2) is 37.0 Å². The molecule has 2 aliphatic rings. The van der Waals surface area contributed by atoms with Gasteiger partial charge in [-0.25, -0.2) is 0 Å². The maximum absolute atomic E-state index is 12.8. The molecule has 1 saturated heterocycles. The van der Waals surface area contributed by atoms with Gasteiger partial charge in [-0.2, -0.15) is 0 Å². The SMILES string of the molecule is CCCc1ccc(-c2csc3c(=O)cc(N4CCN(C(=O)C5CCC5)CC4)oc23)cc1. The normalized spacial score (nSPS) is 17.2. The van der Waals surface area contributed by atoms with Gasteiger partial charge >= 0.3 is 0 Å². The minimum Gasteiger partial charge on any atom is -0.439 e. The summed E-state index contributed by atoms with van der Waals surface area (Å²) in [6.45, 7) is 4.94. The molecular weight excluding hydrogens is 408 g/mol. The number of benzene rings is 1. The number of carbonyl (C=O) groups excluding carboxylic acids is 1. The largest absolute Gasteiger partial charge is 0.439 e. The Labute approximate surface area is 186 Å². The summed E-state index contributed by atoms with van der Waals surface area (Å²) in [6, 6.07) is 10.1.